The summed E-state index contributed by atoms with van der Waals surface area (Å²) in [6.45, 7) is 3.09. The van der Waals surface area contributed by atoms with Crippen molar-refractivity contribution in [3.8, 4) is 0 Å². The van der Waals surface area contributed by atoms with Gasteiger partial charge in [0.05, 0.1) is 16.1 Å². The Morgan fingerprint density at radius 1 is 1.35 bits per heavy atom. The number of halogens is 3. The Morgan fingerprint density at radius 2 is 1.94 bits per heavy atom. The molecule has 2 unspecified atom stereocenters. The van der Waals surface area contributed by atoms with Crippen LogP contribution in [0.25, 0.3) is 0 Å². The number of carboxylic acids is 1. The first-order valence-electron chi connectivity index (χ1n) is 4.96. The minimum atomic E-state index is -0.997. The lowest BCUT2D eigenvalue weighted by Crippen LogP contribution is -2.30. The number of hydrogen-bond donors (Lipinski definition) is 2. The Morgan fingerprint density at radius 3 is 2.47 bits per heavy atom. The van der Waals surface area contributed by atoms with Crippen LogP contribution in [0.1, 0.15) is 13.8 Å². The van der Waals surface area contributed by atoms with E-state index in [0.717, 1.165) is 12.1 Å². The quantitative estimate of drug-likeness (QED) is 0.840. The fourth-order valence-corrected chi connectivity index (χ4v) is 1.53. The summed E-state index contributed by atoms with van der Waals surface area (Å²) in [5.74, 6) is -2.95. The maximum Gasteiger partial charge on any atom is 0.308 e. The number of hydrogen-bond acceptors (Lipinski definition) is 2. The molecule has 1 aromatic rings. The van der Waals surface area contributed by atoms with Gasteiger partial charge >= 0.3 is 5.97 Å². The van der Waals surface area contributed by atoms with Gasteiger partial charge in [0.25, 0.3) is 0 Å². The minimum Gasteiger partial charge on any atom is -0.481 e. The van der Waals surface area contributed by atoms with Crippen LogP contribution in [0.3, 0.4) is 0 Å². The van der Waals surface area contributed by atoms with E-state index in [9.17, 15) is 13.6 Å². The zero-order chi connectivity index (χ0) is 13.2. The van der Waals surface area contributed by atoms with Crippen molar-refractivity contribution < 1.29 is 18.7 Å². The highest BCUT2D eigenvalue weighted by molar-refractivity contribution is 9.10. The predicted octanol–water partition coefficient (Wildman–Crippen LogP) is 3.25. The maximum atomic E-state index is 13.4. The third-order valence-corrected chi connectivity index (χ3v) is 3.14. The number of rotatable bonds is 4. The lowest BCUT2D eigenvalue weighted by atomic mass is 10.0. The number of carbonyl (C=O) groups is 1. The van der Waals surface area contributed by atoms with Gasteiger partial charge in [-0.1, -0.05) is 0 Å². The van der Waals surface area contributed by atoms with Gasteiger partial charge in [-0.15, -0.1) is 0 Å². The van der Waals surface area contributed by atoms with Crippen molar-refractivity contribution in [2.45, 2.75) is 19.9 Å². The van der Waals surface area contributed by atoms with Gasteiger partial charge in [-0.05, 0) is 35.8 Å². The number of nitrogens with one attached hydrogen (secondary N) is 1. The first kappa shape index (κ1) is 13.9. The highest BCUT2D eigenvalue weighted by Crippen LogP contribution is 2.24. The Hall–Kier alpha value is -1.17. The molecule has 17 heavy (non-hydrogen) atoms. The van der Waals surface area contributed by atoms with E-state index < -0.39 is 29.6 Å². The number of carboxylic acid groups (broad SMARTS) is 1. The molecule has 0 saturated carbocycles. The zero-order valence-corrected chi connectivity index (χ0v) is 10.9. The van der Waals surface area contributed by atoms with Crippen LogP contribution in [0.15, 0.2) is 16.6 Å². The van der Waals surface area contributed by atoms with E-state index in [4.69, 9.17) is 5.11 Å². The summed E-state index contributed by atoms with van der Waals surface area (Å²) in [7, 11) is 0. The standard InChI is InChI=1S/C11H12BrF2NO2/c1-5(11(16)17)6(2)15-10-4-8(13)7(12)3-9(10)14/h3-6,15H,1-2H3,(H,16,17). The van der Waals surface area contributed by atoms with Crippen molar-refractivity contribution in [3.63, 3.8) is 0 Å². The molecule has 0 saturated heterocycles. The van der Waals surface area contributed by atoms with Gasteiger partial charge in [0, 0.05) is 12.1 Å². The molecular formula is C11H12BrF2NO2. The summed E-state index contributed by atoms with van der Waals surface area (Å²) in [4.78, 5) is 10.7. The van der Waals surface area contributed by atoms with E-state index >= 15 is 0 Å². The summed E-state index contributed by atoms with van der Waals surface area (Å²) in [5, 5.41) is 11.4. The van der Waals surface area contributed by atoms with Crippen molar-refractivity contribution in [2.24, 2.45) is 5.92 Å². The van der Waals surface area contributed by atoms with E-state index in [0.29, 0.717) is 0 Å². The molecule has 0 heterocycles. The molecule has 0 aliphatic carbocycles. The van der Waals surface area contributed by atoms with Crippen molar-refractivity contribution in [2.75, 3.05) is 5.32 Å². The van der Waals surface area contributed by atoms with Crippen LogP contribution in [0.4, 0.5) is 14.5 Å². The highest BCUT2D eigenvalue weighted by Gasteiger charge is 2.20. The van der Waals surface area contributed by atoms with Gasteiger partial charge in [-0.2, -0.15) is 0 Å². The molecule has 0 radical (unpaired) electrons. The van der Waals surface area contributed by atoms with Crippen LogP contribution in [0, 0.1) is 17.6 Å². The van der Waals surface area contributed by atoms with Crippen LogP contribution >= 0.6 is 15.9 Å². The second kappa shape index (κ2) is 5.44. The fraction of sp³-hybridized carbons (Fsp3) is 0.364. The fourth-order valence-electron chi connectivity index (χ4n) is 1.22. The molecule has 0 aromatic heterocycles. The van der Waals surface area contributed by atoms with Crippen molar-refractivity contribution >= 4 is 27.6 Å². The summed E-state index contributed by atoms with van der Waals surface area (Å²) in [6.07, 6.45) is 0. The third-order valence-electron chi connectivity index (χ3n) is 2.53. The molecule has 0 aliphatic rings. The van der Waals surface area contributed by atoms with Crippen molar-refractivity contribution in [3.05, 3.63) is 28.2 Å². The van der Waals surface area contributed by atoms with Gasteiger partial charge in [-0.25, -0.2) is 8.78 Å². The normalized spacial score (nSPS) is 14.2. The van der Waals surface area contributed by atoms with Gasteiger partial charge in [0.1, 0.15) is 11.6 Å². The molecule has 0 aliphatic heterocycles. The second-order valence-electron chi connectivity index (χ2n) is 3.81. The van der Waals surface area contributed by atoms with Gasteiger partial charge in [0.15, 0.2) is 0 Å². The molecule has 6 heteroatoms. The Bertz CT molecular complexity index is 440. The molecule has 0 bridgehead atoms. The molecule has 1 aromatic carbocycles. The Balaban J connectivity index is 2.88. The summed E-state index contributed by atoms with van der Waals surface area (Å²) in [5.41, 5.74) is -0.0497. The molecule has 0 spiro atoms. The van der Waals surface area contributed by atoms with Crippen LogP contribution in [0.5, 0.6) is 0 Å². The monoisotopic (exact) mass is 307 g/mol. The number of anilines is 1. The summed E-state index contributed by atoms with van der Waals surface area (Å²) < 4.78 is 26.7. The number of benzene rings is 1. The second-order valence-corrected chi connectivity index (χ2v) is 4.66. The van der Waals surface area contributed by atoms with E-state index in [1.54, 1.807) is 6.92 Å². The zero-order valence-electron chi connectivity index (χ0n) is 9.30. The van der Waals surface area contributed by atoms with Crippen molar-refractivity contribution in [1.82, 2.24) is 0 Å². The SMILES string of the molecule is CC(Nc1cc(F)c(Br)cc1F)C(C)C(=O)O. The molecule has 2 atom stereocenters. The van der Waals surface area contributed by atoms with Crippen LogP contribution in [-0.4, -0.2) is 17.1 Å². The lowest BCUT2D eigenvalue weighted by Gasteiger charge is -2.19. The average molecular weight is 308 g/mol. The molecular weight excluding hydrogens is 296 g/mol. The predicted molar refractivity (Wildman–Crippen MR) is 63.9 cm³/mol. The van der Waals surface area contributed by atoms with Crippen LogP contribution < -0.4 is 5.32 Å². The first-order chi connectivity index (χ1) is 7.82. The molecule has 2 N–H and O–H groups in total. The first-order valence-corrected chi connectivity index (χ1v) is 5.76. The maximum absolute atomic E-state index is 13.4. The molecule has 0 fully saturated rings. The molecule has 0 amide bonds. The average Bonchev–Trinajstić information content (AvgIpc) is 2.24. The summed E-state index contributed by atoms with van der Waals surface area (Å²) >= 11 is 2.86. The summed E-state index contributed by atoms with van der Waals surface area (Å²) in [6, 6.07) is 1.47. The van der Waals surface area contributed by atoms with Crippen molar-refractivity contribution in [1.29, 1.82) is 0 Å². The van der Waals surface area contributed by atoms with Crippen LogP contribution in [0.2, 0.25) is 0 Å². The third kappa shape index (κ3) is 3.39. The van der Waals surface area contributed by atoms with Gasteiger partial charge in [-0.3, -0.25) is 4.79 Å². The molecule has 1 rings (SSSR count). The highest BCUT2D eigenvalue weighted by atomic mass is 79.9. The largest absolute Gasteiger partial charge is 0.481 e. The van der Waals surface area contributed by atoms with Gasteiger partial charge < -0.3 is 10.4 Å². The Labute approximate surface area is 106 Å². The lowest BCUT2D eigenvalue weighted by molar-refractivity contribution is -0.141. The number of aliphatic carboxylic acids is 1. The molecule has 94 valence electrons. The Kier molecular flexibility index (Phi) is 4.45. The topological polar surface area (TPSA) is 49.3 Å². The van der Waals surface area contributed by atoms with E-state index in [1.165, 1.54) is 6.92 Å². The van der Waals surface area contributed by atoms with Gasteiger partial charge in [0.2, 0.25) is 0 Å². The molecule has 3 nitrogen and oxygen atoms in total. The van der Waals surface area contributed by atoms with E-state index in [1.807, 2.05) is 0 Å². The van der Waals surface area contributed by atoms with Crippen LogP contribution in [-0.2, 0) is 4.79 Å². The van der Waals surface area contributed by atoms with E-state index in [-0.39, 0.29) is 10.2 Å². The van der Waals surface area contributed by atoms with E-state index in [2.05, 4.69) is 21.2 Å². The smallest absolute Gasteiger partial charge is 0.308 e. The minimum absolute atomic E-state index is 0.0273.